The molecule has 0 aliphatic carbocycles. The van der Waals surface area contributed by atoms with Crippen LogP contribution >= 0.6 is 0 Å². The number of nitrogens with one attached hydrogen (secondary N) is 2. The van der Waals surface area contributed by atoms with Gasteiger partial charge in [-0.3, -0.25) is 9.59 Å². The minimum atomic E-state index is -0.108. The minimum Gasteiger partial charge on any atom is -0.352 e. The van der Waals surface area contributed by atoms with Crippen LogP contribution in [-0.2, 0) is 0 Å². The summed E-state index contributed by atoms with van der Waals surface area (Å²) >= 11 is 0. The molecule has 0 saturated carbocycles. The molecule has 1 amide bonds. The van der Waals surface area contributed by atoms with Gasteiger partial charge in [-0.1, -0.05) is 31.9 Å². The molecule has 0 saturated heterocycles. The largest absolute Gasteiger partial charge is 0.352 e. The van der Waals surface area contributed by atoms with Crippen LogP contribution in [-0.4, -0.2) is 23.2 Å². The summed E-state index contributed by atoms with van der Waals surface area (Å²) in [4.78, 5) is 27.7. The fourth-order valence-electron chi connectivity index (χ4n) is 2.24. The van der Waals surface area contributed by atoms with Crippen LogP contribution in [0, 0.1) is 0 Å². The Labute approximate surface area is 142 Å². The highest BCUT2D eigenvalue weighted by molar-refractivity contribution is 5.95. The van der Waals surface area contributed by atoms with E-state index in [1.165, 1.54) is 6.92 Å². The Bertz CT molecular complexity index is 696. The Kier molecular flexibility index (Phi) is 6.49. The summed E-state index contributed by atoms with van der Waals surface area (Å²) in [6.07, 6.45) is 4.78. The van der Waals surface area contributed by atoms with Gasteiger partial charge in [0.15, 0.2) is 5.78 Å². The molecule has 2 N–H and O–H groups in total. The molecule has 24 heavy (non-hydrogen) atoms. The van der Waals surface area contributed by atoms with Crippen molar-refractivity contribution in [2.75, 3.05) is 11.9 Å². The number of benzene rings is 1. The number of carbonyl (C=O) groups is 2. The average Bonchev–Trinajstić information content (AvgIpc) is 2.59. The Morgan fingerprint density at radius 3 is 2.58 bits per heavy atom. The van der Waals surface area contributed by atoms with Crippen molar-refractivity contribution in [3.63, 3.8) is 0 Å². The minimum absolute atomic E-state index is 0.0155. The monoisotopic (exact) mass is 325 g/mol. The standard InChI is InChI=1S/C19H23N3O2/c1-3-4-5-11-20-19(24)16-9-10-18(21-13-16)22-17-8-6-7-15(12-17)14(2)23/h6-10,12-13H,3-5,11H2,1-2H3,(H,20,24)(H,21,22). The summed E-state index contributed by atoms with van der Waals surface area (Å²) < 4.78 is 0. The molecule has 0 radical (unpaired) electrons. The van der Waals surface area contributed by atoms with Crippen molar-refractivity contribution in [3.05, 3.63) is 53.7 Å². The van der Waals surface area contributed by atoms with Gasteiger partial charge >= 0.3 is 0 Å². The van der Waals surface area contributed by atoms with Gasteiger partial charge in [0.2, 0.25) is 0 Å². The second-order valence-electron chi connectivity index (χ2n) is 5.66. The van der Waals surface area contributed by atoms with Gasteiger partial charge in [0.1, 0.15) is 5.82 Å². The van der Waals surface area contributed by atoms with Crippen molar-refractivity contribution in [3.8, 4) is 0 Å². The predicted molar refractivity (Wildman–Crippen MR) is 95.8 cm³/mol. The number of Topliss-reactive ketones (excluding diaryl/α,β-unsaturated/α-hetero) is 1. The van der Waals surface area contributed by atoms with Crippen molar-refractivity contribution in [1.29, 1.82) is 0 Å². The number of anilines is 2. The van der Waals surface area contributed by atoms with E-state index < -0.39 is 0 Å². The first-order chi connectivity index (χ1) is 11.6. The number of aromatic nitrogens is 1. The van der Waals surface area contributed by atoms with Crippen molar-refractivity contribution in [2.24, 2.45) is 0 Å². The van der Waals surface area contributed by atoms with Crippen LogP contribution in [0.25, 0.3) is 0 Å². The third kappa shape index (κ3) is 5.19. The Balaban J connectivity index is 1.95. The molecule has 0 fully saturated rings. The first-order valence-corrected chi connectivity index (χ1v) is 8.22. The van der Waals surface area contributed by atoms with Crippen molar-refractivity contribution < 1.29 is 9.59 Å². The number of hydrogen-bond donors (Lipinski definition) is 2. The highest BCUT2D eigenvalue weighted by Gasteiger charge is 2.06. The first kappa shape index (κ1) is 17.7. The fourth-order valence-corrected chi connectivity index (χ4v) is 2.24. The molecule has 0 aliphatic rings. The summed E-state index contributed by atoms with van der Waals surface area (Å²) in [5.74, 6) is 0.531. The molecule has 2 rings (SSSR count). The second kappa shape index (κ2) is 8.82. The zero-order valence-electron chi connectivity index (χ0n) is 14.1. The maximum atomic E-state index is 12.0. The number of amides is 1. The summed E-state index contributed by atoms with van der Waals surface area (Å²) in [5.41, 5.74) is 1.96. The number of carbonyl (C=O) groups excluding carboxylic acids is 2. The molecule has 1 aromatic heterocycles. The van der Waals surface area contributed by atoms with E-state index in [0.29, 0.717) is 23.5 Å². The van der Waals surface area contributed by atoms with Crippen LogP contribution in [0.2, 0.25) is 0 Å². The van der Waals surface area contributed by atoms with E-state index in [1.54, 1.807) is 30.5 Å². The Morgan fingerprint density at radius 1 is 1.08 bits per heavy atom. The average molecular weight is 325 g/mol. The Morgan fingerprint density at radius 2 is 1.92 bits per heavy atom. The molecule has 1 heterocycles. The van der Waals surface area contributed by atoms with Gasteiger partial charge in [0, 0.05) is 24.0 Å². The number of unbranched alkanes of at least 4 members (excludes halogenated alkanes) is 2. The zero-order chi connectivity index (χ0) is 17.4. The van der Waals surface area contributed by atoms with E-state index in [9.17, 15) is 9.59 Å². The fraction of sp³-hybridized carbons (Fsp3) is 0.316. The van der Waals surface area contributed by atoms with Gasteiger partial charge in [0.05, 0.1) is 5.56 Å². The maximum Gasteiger partial charge on any atom is 0.252 e. The lowest BCUT2D eigenvalue weighted by Gasteiger charge is -2.08. The third-order valence-corrected chi connectivity index (χ3v) is 3.63. The summed E-state index contributed by atoms with van der Waals surface area (Å²) in [5, 5.41) is 6.02. The molecule has 5 nitrogen and oxygen atoms in total. The lowest BCUT2D eigenvalue weighted by Crippen LogP contribution is -2.24. The van der Waals surface area contributed by atoms with Gasteiger partial charge in [-0.15, -0.1) is 0 Å². The molecule has 0 unspecified atom stereocenters. The topological polar surface area (TPSA) is 71.1 Å². The van der Waals surface area contributed by atoms with Crippen LogP contribution in [0.1, 0.15) is 53.8 Å². The lowest BCUT2D eigenvalue weighted by molar-refractivity contribution is 0.0951. The molecule has 0 spiro atoms. The van der Waals surface area contributed by atoms with E-state index in [0.717, 1.165) is 24.9 Å². The van der Waals surface area contributed by atoms with Gasteiger partial charge in [-0.2, -0.15) is 0 Å². The third-order valence-electron chi connectivity index (χ3n) is 3.63. The first-order valence-electron chi connectivity index (χ1n) is 8.22. The second-order valence-corrected chi connectivity index (χ2v) is 5.66. The van der Waals surface area contributed by atoms with E-state index in [-0.39, 0.29) is 11.7 Å². The molecule has 1 aromatic carbocycles. The van der Waals surface area contributed by atoms with E-state index >= 15 is 0 Å². The molecule has 0 aliphatic heterocycles. The Hall–Kier alpha value is -2.69. The quantitative estimate of drug-likeness (QED) is 0.569. The predicted octanol–water partition coefficient (Wildman–Crippen LogP) is 3.95. The SMILES string of the molecule is CCCCCNC(=O)c1ccc(Nc2cccc(C(C)=O)c2)nc1. The number of rotatable bonds is 8. The van der Waals surface area contributed by atoms with E-state index in [2.05, 4.69) is 22.5 Å². The van der Waals surface area contributed by atoms with Gasteiger partial charge in [-0.25, -0.2) is 4.98 Å². The lowest BCUT2D eigenvalue weighted by atomic mass is 10.1. The maximum absolute atomic E-state index is 12.0. The van der Waals surface area contributed by atoms with Crippen LogP contribution < -0.4 is 10.6 Å². The highest BCUT2D eigenvalue weighted by atomic mass is 16.1. The zero-order valence-corrected chi connectivity index (χ0v) is 14.1. The van der Waals surface area contributed by atoms with E-state index in [4.69, 9.17) is 0 Å². The highest BCUT2D eigenvalue weighted by Crippen LogP contribution is 2.16. The smallest absolute Gasteiger partial charge is 0.252 e. The van der Waals surface area contributed by atoms with Crippen molar-refractivity contribution in [2.45, 2.75) is 33.1 Å². The molecule has 126 valence electrons. The molecule has 0 bridgehead atoms. The van der Waals surface area contributed by atoms with Gasteiger partial charge < -0.3 is 10.6 Å². The van der Waals surface area contributed by atoms with Gasteiger partial charge in [0.25, 0.3) is 5.91 Å². The summed E-state index contributed by atoms with van der Waals surface area (Å²) in [6, 6.07) is 10.7. The summed E-state index contributed by atoms with van der Waals surface area (Å²) in [6.45, 7) is 4.35. The van der Waals surface area contributed by atoms with Crippen LogP contribution in [0.5, 0.6) is 0 Å². The molecular weight excluding hydrogens is 302 g/mol. The number of ketones is 1. The number of pyridine rings is 1. The van der Waals surface area contributed by atoms with Crippen molar-refractivity contribution >= 4 is 23.2 Å². The van der Waals surface area contributed by atoms with Crippen LogP contribution in [0.3, 0.4) is 0 Å². The van der Waals surface area contributed by atoms with Crippen molar-refractivity contribution in [1.82, 2.24) is 10.3 Å². The molecule has 0 atom stereocenters. The number of nitrogens with zero attached hydrogens (tertiary/aromatic N) is 1. The van der Waals surface area contributed by atoms with Gasteiger partial charge in [-0.05, 0) is 37.6 Å². The van der Waals surface area contributed by atoms with Crippen LogP contribution in [0.15, 0.2) is 42.6 Å². The normalized spacial score (nSPS) is 10.2. The molecular formula is C19H23N3O2. The molecule has 2 aromatic rings. The summed E-state index contributed by atoms with van der Waals surface area (Å²) in [7, 11) is 0. The number of hydrogen-bond acceptors (Lipinski definition) is 4. The van der Waals surface area contributed by atoms with E-state index in [1.807, 2.05) is 12.1 Å². The van der Waals surface area contributed by atoms with Crippen LogP contribution in [0.4, 0.5) is 11.5 Å². The molecule has 5 heteroatoms.